The van der Waals surface area contributed by atoms with Crippen LogP contribution in [0.3, 0.4) is 0 Å². The zero-order valence-corrected chi connectivity index (χ0v) is 23.4. The molecular formula is C30H37NO7S. The van der Waals surface area contributed by atoms with Crippen LogP contribution in [0.15, 0.2) is 29.2 Å². The van der Waals surface area contributed by atoms with Gasteiger partial charge < -0.3 is 15.2 Å². The van der Waals surface area contributed by atoms with Crippen LogP contribution >= 0.6 is 11.3 Å². The molecule has 0 radical (unpaired) electrons. The largest absolute Gasteiger partial charge is 0.458 e. The SMILES string of the molecule is CC12CCC(=O)C=C1CCC1C2C(=O)CC2(C)C1CCC2(O)C(=O)COC(=O)CCC(=O)NCc1cccs1. The van der Waals surface area contributed by atoms with E-state index in [4.69, 9.17) is 4.74 Å². The number of nitrogens with one attached hydrogen (secondary N) is 1. The summed E-state index contributed by atoms with van der Waals surface area (Å²) in [4.78, 5) is 64.4. The van der Waals surface area contributed by atoms with Crippen LogP contribution in [0, 0.1) is 28.6 Å². The summed E-state index contributed by atoms with van der Waals surface area (Å²) in [6, 6.07) is 3.80. The molecule has 39 heavy (non-hydrogen) atoms. The van der Waals surface area contributed by atoms with Gasteiger partial charge in [0, 0.05) is 35.5 Å². The molecule has 1 heterocycles. The first kappa shape index (κ1) is 27.9. The number of amides is 1. The third kappa shape index (κ3) is 4.82. The molecule has 6 atom stereocenters. The van der Waals surface area contributed by atoms with Crippen LogP contribution in [-0.4, -0.2) is 46.5 Å². The lowest BCUT2D eigenvalue weighted by atomic mass is 9.46. The van der Waals surface area contributed by atoms with Gasteiger partial charge in [-0.2, -0.15) is 0 Å². The minimum absolute atomic E-state index is 0.00658. The maximum absolute atomic E-state index is 13.7. The van der Waals surface area contributed by atoms with Gasteiger partial charge >= 0.3 is 5.97 Å². The Bertz CT molecular complexity index is 1220. The molecule has 5 rings (SSSR count). The quantitative estimate of drug-likeness (QED) is 0.468. The number of carbonyl (C=O) groups is 5. The molecule has 2 N–H and O–H groups in total. The molecule has 0 aromatic carbocycles. The Kier molecular flexibility index (Phi) is 7.44. The van der Waals surface area contributed by atoms with E-state index in [9.17, 15) is 29.1 Å². The Labute approximate surface area is 232 Å². The van der Waals surface area contributed by atoms with Crippen molar-refractivity contribution < 1.29 is 33.8 Å². The van der Waals surface area contributed by atoms with Gasteiger partial charge in [0.1, 0.15) is 11.4 Å². The fourth-order valence-corrected chi connectivity index (χ4v) is 8.73. The van der Waals surface area contributed by atoms with Gasteiger partial charge in [-0.25, -0.2) is 0 Å². The number of ether oxygens (including phenoxy) is 1. The first-order chi connectivity index (χ1) is 18.5. The van der Waals surface area contributed by atoms with E-state index >= 15 is 0 Å². The van der Waals surface area contributed by atoms with Crippen LogP contribution in [-0.2, 0) is 35.3 Å². The van der Waals surface area contributed by atoms with E-state index in [-0.39, 0.29) is 66.3 Å². The minimum Gasteiger partial charge on any atom is -0.458 e. The maximum Gasteiger partial charge on any atom is 0.306 e. The van der Waals surface area contributed by atoms with Gasteiger partial charge in [-0.15, -0.1) is 11.3 Å². The van der Waals surface area contributed by atoms with Gasteiger partial charge in [0.15, 0.2) is 12.4 Å². The number of hydrogen-bond donors (Lipinski definition) is 2. The van der Waals surface area contributed by atoms with E-state index in [2.05, 4.69) is 12.2 Å². The Balaban J connectivity index is 1.19. The van der Waals surface area contributed by atoms with Gasteiger partial charge in [0.2, 0.25) is 11.7 Å². The summed E-state index contributed by atoms with van der Waals surface area (Å²) in [5.41, 5.74) is -1.95. The average molecular weight is 556 g/mol. The monoisotopic (exact) mass is 555 g/mol. The normalized spacial score (nSPS) is 35.4. The smallest absolute Gasteiger partial charge is 0.306 e. The average Bonchev–Trinajstić information content (AvgIpc) is 3.51. The minimum atomic E-state index is -1.75. The molecule has 3 fully saturated rings. The highest BCUT2D eigenvalue weighted by Crippen LogP contribution is 2.66. The summed E-state index contributed by atoms with van der Waals surface area (Å²) < 4.78 is 5.19. The van der Waals surface area contributed by atoms with Crippen LogP contribution in [0.2, 0.25) is 0 Å². The van der Waals surface area contributed by atoms with Crippen LogP contribution in [0.4, 0.5) is 0 Å². The van der Waals surface area contributed by atoms with E-state index in [0.29, 0.717) is 25.8 Å². The van der Waals surface area contributed by atoms with Crippen molar-refractivity contribution in [2.75, 3.05) is 6.61 Å². The molecule has 8 nitrogen and oxygen atoms in total. The first-order valence-electron chi connectivity index (χ1n) is 13.9. The summed E-state index contributed by atoms with van der Waals surface area (Å²) in [7, 11) is 0. The molecule has 0 bridgehead atoms. The van der Waals surface area contributed by atoms with E-state index in [1.165, 1.54) is 11.3 Å². The Hall–Kier alpha value is -2.65. The number of fused-ring (bicyclic) bond motifs is 5. The summed E-state index contributed by atoms with van der Waals surface area (Å²) in [6.07, 6.45) is 5.11. The predicted octanol–water partition coefficient (Wildman–Crippen LogP) is 3.70. The maximum atomic E-state index is 13.7. The third-order valence-corrected chi connectivity index (χ3v) is 11.1. The van der Waals surface area contributed by atoms with Crippen molar-refractivity contribution in [2.24, 2.45) is 28.6 Å². The number of hydrogen-bond acceptors (Lipinski definition) is 8. The summed E-state index contributed by atoms with van der Waals surface area (Å²) >= 11 is 1.53. The zero-order chi connectivity index (χ0) is 28.0. The number of esters is 1. The van der Waals surface area contributed by atoms with Crippen molar-refractivity contribution in [3.8, 4) is 0 Å². The third-order valence-electron chi connectivity index (χ3n) is 10.2. The molecule has 0 aliphatic heterocycles. The van der Waals surface area contributed by atoms with Crippen molar-refractivity contribution in [3.05, 3.63) is 34.0 Å². The van der Waals surface area contributed by atoms with E-state index in [0.717, 1.165) is 23.3 Å². The van der Waals surface area contributed by atoms with Crippen LogP contribution in [0.1, 0.15) is 76.5 Å². The lowest BCUT2D eigenvalue weighted by Crippen LogP contribution is -2.61. The molecule has 1 amide bonds. The molecule has 3 saturated carbocycles. The highest BCUT2D eigenvalue weighted by molar-refractivity contribution is 7.09. The predicted molar refractivity (Wildman–Crippen MR) is 143 cm³/mol. The molecule has 4 aliphatic carbocycles. The molecule has 1 aromatic heterocycles. The van der Waals surface area contributed by atoms with Crippen molar-refractivity contribution in [3.63, 3.8) is 0 Å². The van der Waals surface area contributed by atoms with Crippen molar-refractivity contribution in [1.82, 2.24) is 5.32 Å². The number of allylic oxidation sites excluding steroid dienone is 1. The van der Waals surface area contributed by atoms with Gasteiger partial charge in [0.05, 0.1) is 13.0 Å². The zero-order valence-electron chi connectivity index (χ0n) is 22.6. The molecule has 0 spiro atoms. The van der Waals surface area contributed by atoms with Crippen LogP contribution in [0.5, 0.6) is 0 Å². The molecule has 210 valence electrons. The van der Waals surface area contributed by atoms with Crippen molar-refractivity contribution in [2.45, 2.75) is 83.8 Å². The lowest BCUT2D eigenvalue weighted by Gasteiger charge is -2.57. The number of carbonyl (C=O) groups excluding carboxylic acids is 5. The number of ketones is 3. The number of Topliss-reactive ketones (excluding diaryl/α,β-unsaturated/α-hetero) is 2. The molecule has 4 aliphatic rings. The summed E-state index contributed by atoms with van der Waals surface area (Å²) in [6.45, 7) is 3.76. The van der Waals surface area contributed by atoms with Gasteiger partial charge in [0.25, 0.3) is 0 Å². The first-order valence-corrected chi connectivity index (χ1v) is 14.8. The fourth-order valence-electron chi connectivity index (χ4n) is 8.09. The van der Waals surface area contributed by atoms with Gasteiger partial charge in [-0.1, -0.05) is 25.5 Å². The molecular weight excluding hydrogens is 518 g/mol. The Morgan fingerprint density at radius 2 is 1.92 bits per heavy atom. The van der Waals surface area contributed by atoms with Gasteiger partial charge in [-0.3, -0.25) is 24.0 Å². The van der Waals surface area contributed by atoms with E-state index in [1.807, 2.05) is 24.4 Å². The topological polar surface area (TPSA) is 127 Å². The Morgan fingerprint density at radius 1 is 1.13 bits per heavy atom. The van der Waals surface area contributed by atoms with Crippen LogP contribution < -0.4 is 5.32 Å². The van der Waals surface area contributed by atoms with Crippen LogP contribution in [0.25, 0.3) is 0 Å². The lowest BCUT2D eigenvalue weighted by molar-refractivity contribution is -0.173. The second kappa shape index (κ2) is 10.4. The highest BCUT2D eigenvalue weighted by atomic mass is 32.1. The molecule has 9 heteroatoms. The van der Waals surface area contributed by atoms with Crippen molar-refractivity contribution >= 4 is 40.6 Å². The molecule has 6 unspecified atom stereocenters. The van der Waals surface area contributed by atoms with E-state index < -0.39 is 29.4 Å². The highest BCUT2D eigenvalue weighted by Gasteiger charge is 2.68. The summed E-state index contributed by atoms with van der Waals surface area (Å²) in [5.74, 6) is -1.53. The number of aliphatic hydroxyl groups is 1. The second-order valence-electron chi connectivity index (χ2n) is 12.2. The fraction of sp³-hybridized carbons (Fsp3) is 0.633. The van der Waals surface area contributed by atoms with E-state index in [1.54, 1.807) is 6.08 Å². The number of thiophene rings is 1. The van der Waals surface area contributed by atoms with Gasteiger partial charge in [-0.05, 0) is 66.9 Å². The standard InChI is InChI=1S/C30H37NO7S/c1-28-11-9-19(32)14-18(28)5-6-21-22-10-12-30(37,29(22,2)15-23(33)27(21)28)24(34)17-38-26(36)8-7-25(35)31-16-20-4-3-13-39-20/h3-4,13-14,21-22,27,37H,5-12,15-17H2,1-2H3,(H,31,35). The second-order valence-corrected chi connectivity index (χ2v) is 13.3. The van der Waals surface area contributed by atoms with Crippen molar-refractivity contribution in [1.29, 1.82) is 0 Å². The Morgan fingerprint density at radius 3 is 2.67 bits per heavy atom. The summed E-state index contributed by atoms with van der Waals surface area (Å²) in [5, 5.41) is 16.4. The number of rotatable bonds is 8. The molecule has 0 saturated heterocycles. The molecule has 1 aromatic rings.